The molecule has 0 unspecified atom stereocenters. The Kier molecular flexibility index (Phi) is 12.4. The minimum atomic E-state index is -0.704. The molecule has 0 aromatic carbocycles. The second kappa shape index (κ2) is 15.7. The number of hydrogen-bond donors (Lipinski definition) is 3. The average Bonchev–Trinajstić information content (AvgIpc) is 3.52. The van der Waals surface area contributed by atoms with Gasteiger partial charge in [-0.15, -0.1) is 5.06 Å². The quantitative estimate of drug-likeness (QED) is 0.120. The molecule has 3 aliphatic heterocycles. The zero-order chi connectivity index (χ0) is 26.5. The summed E-state index contributed by atoms with van der Waals surface area (Å²) in [5.74, 6) is -0.780. The van der Waals surface area contributed by atoms with Crippen LogP contribution >= 0.6 is 11.8 Å². The largest absolute Gasteiger partial charge is 0.378 e. The number of nitrogens with zero attached hydrogens (tertiary/aromatic N) is 1. The van der Waals surface area contributed by atoms with Crippen molar-refractivity contribution in [2.45, 2.75) is 62.3 Å². The van der Waals surface area contributed by atoms with Crippen LogP contribution in [-0.2, 0) is 38.2 Å². The van der Waals surface area contributed by atoms with E-state index in [9.17, 15) is 24.0 Å². The Labute approximate surface area is 219 Å². The molecule has 0 spiro atoms. The first-order valence-electron chi connectivity index (χ1n) is 12.7. The molecule has 5 amide bonds. The zero-order valence-corrected chi connectivity index (χ0v) is 21.7. The molecule has 3 saturated heterocycles. The van der Waals surface area contributed by atoms with Gasteiger partial charge in [0.1, 0.15) is 0 Å². The molecule has 0 aromatic heterocycles. The number of ether oxygens (including phenoxy) is 3. The summed E-state index contributed by atoms with van der Waals surface area (Å²) in [6.07, 6.45) is 3.27. The Morgan fingerprint density at radius 3 is 2.30 bits per heavy atom. The van der Waals surface area contributed by atoms with E-state index in [1.54, 1.807) is 0 Å². The van der Waals surface area contributed by atoms with Gasteiger partial charge < -0.3 is 35.0 Å². The highest BCUT2D eigenvalue weighted by molar-refractivity contribution is 8.00. The minimum Gasteiger partial charge on any atom is -0.378 e. The monoisotopic (exact) mass is 544 g/mol. The van der Waals surface area contributed by atoms with Gasteiger partial charge in [-0.05, 0) is 12.8 Å². The topological polar surface area (TPSA) is 162 Å². The number of unbranched alkanes of at least 4 members (excludes halogenated alkanes) is 1. The van der Waals surface area contributed by atoms with Gasteiger partial charge in [0.05, 0.1) is 58.1 Å². The average molecular weight is 545 g/mol. The number of fused-ring (bicyclic) bond motifs is 1. The van der Waals surface area contributed by atoms with Crippen molar-refractivity contribution >= 4 is 41.5 Å². The van der Waals surface area contributed by atoms with E-state index in [0.717, 1.165) is 25.0 Å². The molecule has 37 heavy (non-hydrogen) atoms. The number of imide groups is 1. The van der Waals surface area contributed by atoms with Gasteiger partial charge in [0.2, 0.25) is 5.91 Å². The molecule has 0 radical (unpaired) electrons. The lowest BCUT2D eigenvalue weighted by Crippen LogP contribution is -2.36. The predicted octanol–water partition coefficient (Wildman–Crippen LogP) is -0.124. The lowest BCUT2D eigenvalue weighted by molar-refractivity contribution is -0.198. The number of carbonyl (C=O) groups is 5. The van der Waals surface area contributed by atoms with Crippen molar-refractivity contribution in [1.82, 2.24) is 21.0 Å². The summed E-state index contributed by atoms with van der Waals surface area (Å²) in [6, 6.07) is 0.364. The zero-order valence-electron chi connectivity index (χ0n) is 20.9. The van der Waals surface area contributed by atoms with Gasteiger partial charge in [0, 0.05) is 36.8 Å². The Bertz CT molecular complexity index is 799. The van der Waals surface area contributed by atoms with Crippen molar-refractivity contribution in [2.24, 2.45) is 0 Å². The Morgan fingerprint density at radius 1 is 0.892 bits per heavy atom. The van der Waals surface area contributed by atoms with Crippen LogP contribution < -0.4 is 16.0 Å². The van der Waals surface area contributed by atoms with Crippen LogP contribution in [0.25, 0.3) is 0 Å². The standard InChI is InChI=1S/C23H36N4O9S/c28-18(4-2-1-3-17-22-16(15-37-17)25-23(32)26-22)24-8-10-34-12-14-35-13-11-33-9-7-21(31)36-27-19(29)5-6-20(27)30/h16-17,22H,1-15H2,(H,24,28)(H2,25,26,32)/t16-,17-,22-/m0/s1. The smallest absolute Gasteiger partial charge is 0.335 e. The Morgan fingerprint density at radius 2 is 1.57 bits per heavy atom. The van der Waals surface area contributed by atoms with E-state index in [0.29, 0.717) is 49.7 Å². The number of hydroxylamine groups is 2. The van der Waals surface area contributed by atoms with Crippen LogP contribution in [0.15, 0.2) is 0 Å². The highest BCUT2D eigenvalue weighted by atomic mass is 32.2. The van der Waals surface area contributed by atoms with Crippen LogP contribution in [0.1, 0.15) is 44.9 Å². The normalized spacial score (nSPS) is 22.6. The van der Waals surface area contributed by atoms with Gasteiger partial charge in [0.15, 0.2) is 0 Å². The number of hydrogen-bond acceptors (Lipinski definition) is 10. The van der Waals surface area contributed by atoms with Gasteiger partial charge in [-0.25, -0.2) is 9.59 Å². The summed E-state index contributed by atoms with van der Waals surface area (Å²) in [5, 5.41) is 9.68. The summed E-state index contributed by atoms with van der Waals surface area (Å²) in [6.45, 7) is 2.27. The first-order valence-corrected chi connectivity index (χ1v) is 13.7. The van der Waals surface area contributed by atoms with E-state index in [4.69, 9.17) is 19.0 Å². The molecule has 3 fully saturated rings. The highest BCUT2D eigenvalue weighted by Gasteiger charge is 2.42. The van der Waals surface area contributed by atoms with Crippen molar-refractivity contribution in [3.8, 4) is 0 Å². The molecule has 3 heterocycles. The van der Waals surface area contributed by atoms with Crippen LogP contribution in [-0.4, -0.2) is 104 Å². The summed E-state index contributed by atoms with van der Waals surface area (Å²) in [7, 11) is 0. The maximum absolute atomic E-state index is 11.9. The number of nitrogens with one attached hydrogen (secondary N) is 3. The van der Waals surface area contributed by atoms with Gasteiger partial charge in [-0.2, -0.15) is 11.8 Å². The number of carbonyl (C=O) groups excluding carboxylic acids is 5. The second-order valence-corrected chi connectivity index (χ2v) is 10.1. The summed E-state index contributed by atoms with van der Waals surface area (Å²) < 4.78 is 16.0. The third-order valence-corrected chi connectivity index (χ3v) is 7.55. The number of thioether (sulfide) groups is 1. The van der Waals surface area contributed by atoms with Crippen LogP contribution in [0.3, 0.4) is 0 Å². The summed E-state index contributed by atoms with van der Waals surface area (Å²) in [5.41, 5.74) is 0. The fourth-order valence-corrected chi connectivity index (χ4v) is 5.67. The van der Waals surface area contributed by atoms with E-state index in [-0.39, 0.29) is 56.5 Å². The molecule has 14 heteroatoms. The second-order valence-electron chi connectivity index (χ2n) is 8.85. The van der Waals surface area contributed by atoms with Gasteiger partial charge >= 0.3 is 12.0 Å². The maximum Gasteiger partial charge on any atom is 0.335 e. The first kappa shape index (κ1) is 29.1. The Balaban J connectivity index is 1.04. The lowest BCUT2D eigenvalue weighted by Gasteiger charge is -2.16. The molecule has 208 valence electrons. The molecule has 13 nitrogen and oxygen atoms in total. The third kappa shape index (κ3) is 10.1. The van der Waals surface area contributed by atoms with Crippen molar-refractivity contribution in [3.63, 3.8) is 0 Å². The molecule has 3 aliphatic rings. The van der Waals surface area contributed by atoms with E-state index < -0.39 is 17.8 Å². The van der Waals surface area contributed by atoms with Crippen LogP contribution in [0, 0.1) is 0 Å². The molecule has 3 N–H and O–H groups in total. The molecule has 0 bridgehead atoms. The summed E-state index contributed by atoms with van der Waals surface area (Å²) in [4.78, 5) is 62.4. The van der Waals surface area contributed by atoms with Crippen LogP contribution in [0.5, 0.6) is 0 Å². The van der Waals surface area contributed by atoms with Crippen molar-refractivity contribution in [3.05, 3.63) is 0 Å². The first-order chi connectivity index (χ1) is 17.9. The highest BCUT2D eigenvalue weighted by Crippen LogP contribution is 2.33. The van der Waals surface area contributed by atoms with Gasteiger partial charge in [-0.1, -0.05) is 6.42 Å². The van der Waals surface area contributed by atoms with Gasteiger partial charge in [0.25, 0.3) is 11.8 Å². The number of amides is 5. The lowest BCUT2D eigenvalue weighted by atomic mass is 10.0. The number of rotatable bonds is 18. The Hall–Kier alpha value is -2.42. The third-order valence-electron chi connectivity index (χ3n) is 6.04. The summed E-state index contributed by atoms with van der Waals surface area (Å²) >= 11 is 1.88. The van der Waals surface area contributed by atoms with E-state index >= 15 is 0 Å². The van der Waals surface area contributed by atoms with Crippen molar-refractivity contribution < 1.29 is 43.0 Å². The molecule has 0 saturated carbocycles. The molecule has 3 rings (SSSR count). The molecule has 0 aliphatic carbocycles. The predicted molar refractivity (Wildman–Crippen MR) is 131 cm³/mol. The van der Waals surface area contributed by atoms with Crippen molar-refractivity contribution in [1.29, 1.82) is 0 Å². The SMILES string of the molecule is O=C(CCCC[C@@H]1SC[C@@H]2NC(=O)N[C@@H]21)NCCOCCOCCOCCC(=O)ON1C(=O)CCC1=O. The van der Waals surface area contributed by atoms with Crippen LogP contribution in [0.2, 0.25) is 0 Å². The molecule has 0 aromatic rings. The van der Waals surface area contributed by atoms with Gasteiger partial charge in [-0.3, -0.25) is 14.4 Å². The van der Waals surface area contributed by atoms with Crippen LogP contribution in [0.4, 0.5) is 4.79 Å². The van der Waals surface area contributed by atoms with E-state index in [1.807, 2.05) is 11.8 Å². The number of urea groups is 1. The van der Waals surface area contributed by atoms with E-state index in [1.165, 1.54) is 0 Å². The fraction of sp³-hybridized carbons (Fsp3) is 0.783. The fourth-order valence-electron chi connectivity index (χ4n) is 4.13. The minimum absolute atomic E-state index is 0.00676. The maximum atomic E-state index is 11.9. The van der Waals surface area contributed by atoms with Crippen molar-refractivity contribution in [2.75, 3.05) is 51.9 Å². The molecule has 3 atom stereocenters. The molecular weight excluding hydrogens is 508 g/mol. The van der Waals surface area contributed by atoms with E-state index in [2.05, 4.69) is 16.0 Å². The molecular formula is C23H36N4O9S.